The van der Waals surface area contributed by atoms with Gasteiger partial charge in [-0.3, -0.25) is 0 Å². The molecule has 0 heteroatoms. The fraction of sp³-hybridized carbons (Fsp3) is 0.900. The van der Waals surface area contributed by atoms with Crippen molar-refractivity contribution in [1.82, 2.24) is 0 Å². The summed E-state index contributed by atoms with van der Waals surface area (Å²) >= 11 is 0. The predicted molar refractivity (Wildman–Crippen MR) is 279 cm³/mol. The maximum absolute atomic E-state index is 2.45. The van der Waals surface area contributed by atoms with Crippen LogP contribution in [-0.2, 0) is 0 Å². The average Bonchev–Trinajstić information content (AvgIpc) is 3.26. The van der Waals surface area contributed by atoms with Gasteiger partial charge in [-0.1, -0.05) is 319 Å². The molecule has 0 nitrogen and oxygen atoms in total. The van der Waals surface area contributed by atoms with Crippen LogP contribution in [0.2, 0.25) is 0 Å². The number of hydrogen-bond acceptors (Lipinski definition) is 0. The lowest BCUT2D eigenvalue weighted by Crippen LogP contribution is -1.85. The Balaban J connectivity index is 3.08. The Morgan fingerprint density at radius 1 is 0.133 bits per heavy atom. The van der Waals surface area contributed by atoms with Crippen LogP contribution in [0, 0.1) is 0 Å². The largest absolute Gasteiger partial charge is 0.0917 e. The van der Waals surface area contributed by atoms with Gasteiger partial charge in [0.2, 0.25) is 0 Å². The van der Waals surface area contributed by atoms with Gasteiger partial charge in [-0.15, -0.1) is 0 Å². The first kappa shape index (κ1) is 59.2. The monoisotopic (exact) mass is 837 g/mol. The van der Waals surface area contributed by atoms with E-state index in [1.54, 1.807) is 0 Å². The number of unbranched alkanes of at least 4 members (excludes halogenated alkanes) is 50. The van der Waals surface area contributed by atoms with Crippen molar-refractivity contribution in [2.24, 2.45) is 0 Å². The van der Waals surface area contributed by atoms with Crippen LogP contribution in [0.4, 0.5) is 0 Å². The van der Waals surface area contributed by atoms with Crippen molar-refractivity contribution >= 4 is 0 Å². The smallest absolute Gasteiger partial charge is 0.0351 e. The van der Waals surface area contributed by atoms with E-state index in [2.05, 4.69) is 50.3 Å². The Morgan fingerprint density at radius 3 is 0.350 bits per heavy atom. The average molecular weight is 838 g/mol. The van der Waals surface area contributed by atoms with Gasteiger partial charge in [0.25, 0.3) is 0 Å². The third-order valence-electron chi connectivity index (χ3n) is 13.6. The molecule has 0 amide bonds. The van der Waals surface area contributed by atoms with Gasteiger partial charge in [-0.05, 0) is 65.2 Å². The molecule has 0 N–H and O–H groups in total. The zero-order valence-corrected chi connectivity index (χ0v) is 42.2. The molecule has 0 saturated heterocycles. The van der Waals surface area contributed by atoms with E-state index in [0.29, 0.717) is 0 Å². The molecule has 0 rings (SSSR count). The first-order valence-corrected chi connectivity index (χ1v) is 28.8. The van der Waals surface area contributed by atoms with Crippen LogP contribution in [0.5, 0.6) is 0 Å². The minimum atomic E-state index is 1.27. The second-order valence-corrected chi connectivity index (χ2v) is 19.7. The van der Waals surface area contributed by atoms with Crippen LogP contribution >= 0.6 is 0 Å². The van der Waals surface area contributed by atoms with Crippen LogP contribution < -0.4 is 0 Å². The molecule has 60 heavy (non-hydrogen) atoms. The van der Waals surface area contributed by atoms with Crippen molar-refractivity contribution in [3.05, 3.63) is 36.5 Å². The van der Waals surface area contributed by atoms with E-state index in [0.717, 1.165) is 0 Å². The van der Waals surface area contributed by atoms with Crippen molar-refractivity contribution in [1.29, 1.82) is 0 Å². The minimum Gasteiger partial charge on any atom is -0.0917 e. The first-order valence-electron chi connectivity index (χ1n) is 28.8. The normalized spacial score (nSPS) is 12.1. The third kappa shape index (κ3) is 57.2. The molecule has 0 aromatic heterocycles. The number of rotatable bonds is 54. The topological polar surface area (TPSA) is 0 Å². The van der Waals surface area contributed by atoms with E-state index in [1.165, 1.54) is 334 Å². The lowest BCUT2D eigenvalue weighted by atomic mass is 10.0. The Kier molecular flexibility index (Phi) is 57.5. The van der Waals surface area contributed by atoms with Crippen molar-refractivity contribution in [2.75, 3.05) is 0 Å². The maximum Gasteiger partial charge on any atom is -0.0351 e. The summed E-state index contributed by atoms with van der Waals surface area (Å²) in [5, 5.41) is 0. The molecule has 0 radical (unpaired) electrons. The third-order valence-corrected chi connectivity index (χ3v) is 13.6. The van der Waals surface area contributed by atoms with Crippen LogP contribution in [0.15, 0.2) is 36.5 Å². The molecule has 0 spiro atoms. The summed E-state index contributed by atoms with van der Waals surface area (Å²) < 4.78 is 0. The molecule has 0 heterocycles. The van der Waals surface area contributed by atoms with Gasteiger partial charge in [-0.25, -0.2) is 0 Å². The van der Waals surface area contributed by atoms with Crippen molar-refractivity contribution < 1.29 is 0 Å². The van der Waals surface area contributed by atoms with Gasteiger partial charge in [0, 0.05) is 0 Å². The SMILES string of the molecule is CC=CCCCCCCC=CCCCCCCCCCCCCCCCCCCCCCCCCCCCCCCCCCCCCCCCCCCCCCCC=CC. The molecule has 0 atom stereocenters. The standard InChI is InChI=1S/C60H116/c1-3-5-7-9-11-13-15-17-19-21-23-25-27-29-31-33-35-37-39-41-43-45-47-49-51-53-55-57-59-60-58-56-54-52-50-48-46-44-42-40-38-36-34-32-30-28-26-24-22-20-18-16-14-12-10-8-6-4-2/h3-6,19,21H,7-18,20,22-60H2,1-2H3. The van der Waals surface area contributed by atoms with E-state index >= 15 is 0 Å². The van der Waals surface area contributed by atoms with Gasteiger partial charge in [-0.2, -0.15) is 0 Å². The van der Waals surface area contributed by atoms with E-state index in [-0.39, 0.29) is 0 Å². The summed E-state index contributed by atoms with van der Waals surface area (Å²) in [5.41, 5.74) is 0. The Hall–Kier alpha value is -0.780. The second kappa shape index (κ2) is 58.2. The summed E-state index contributed by atoms with van der Waals surface area (Å²) in [6, 6.07) is 0. The van der Waals surface area contributed by atoms with E-state index in [4.69, 9.17) is 0 Å². The first-order chi connectivity index (χ1) is 29.9. The van der Waals surface area contributed by atoms with Gasteiger partial charge in [0.05, 0.1) is 0 Å². The summed E-state index contributed by atoms with van der Waals surface area (Å²) in [4.78, 5) is 0. The molecule has 0 aliphatic heterocycles. The highest BCUT2D eigenvalue weighted by Gasteiger charge is 1.99. The fourth-order valence-corrected chi connectivity index (χ4v) is 9.40. The van der Waals surface area contributed by atoms with E-state index in [1.807, 2.05) is 0 Å². The Morgan fingerprint density at radius 2 is 0.233 bits per heavy atom. The summed E-state index contributed by atoms with van der Waals surface area (Å²) in [6.45, 7) is 4.26. The number of allylic oxidation sites excluding steroid dienone is 6. The second-order valence-electron chi connectivity index (χ2n) is 19.7. The predicted octanol–water partition coefficient (Wildman–Crippen LogP) is 23.0. The molecule has 0 aliphatic carbocycles. The van der Waals surface area contributed by atoms with Gasteiger partial charge >= 0.3 is 0 Å². The summed E-state index contributed by atoms with van der Waals surface area (Å²) in [6.07, 6.45) is 89.7. The highest BCUT2D eigenvalue weighted by atomic mass is 14.1. The number of hydrogen-bond donors (Lipinski definition) is 0. The molecule has 0 aliphatic rings. The molecule has 0 saturated carbocycles. The highest BCUT2D eigenvalue weighted by Crippen LogP contribution is 2.19. The summed E-state index contributed by atoms with van der Waals surface area (Å²) in [7, 11) is 0. The van der Waals surface area contributed by atoms with Crippen molar-refractivity contribution in [2.45, 2.75) is 348 Å². The lowest BCUT2D eigenvalue weighted by Gasteiger charge is -2.05. The molecule has 0 aromatic rings. The van der Waals surface area contributed by atoms with Crippen LogP contribution in [0.3, 0.4) is 0 Å². The van der Waals surface area contributed by atoms with Gasteiger partial charge in [0.15, 0.2) is 0 Å². The molecule has 0 aromatic carbocycles. The molecule has 0 fully saturated rings. The molecular weight excluding hydrogens is 721 g/mol. The van der Waals surface area contributed by atoms with Crippen LogP contribution in [-0.4, -0.2) is 0 Å². The van der Waals surface area contributed by atoms with Gasteiger partial charge in [0.1, 0.15) is 0 Å². The maximum atomic E-state index is 2.45. The van der Waals surface area contributed by atoms with Crippen LogP contribution in [0.1, 0.15) is 348 Å². The zero-order chi connectivity index (χ0) is 43.0. The highest BCUT2D eigenvalue weighted by molar-refractivity contribution is 4.81. The molecule has 0 unspecified atom stereocenters. The van der Waals surface area contributed by atoms with Crippen LogP contribution in [0.25, 0.3) is 0 Å². The van der Waals surface area contributed by atoms with E-state index in [9.17, 15) is 0 Å². The molecular formula is C60H116. The Bertz CT molecular complexity index is 801. The van der Waals surface area contributed by atoms with Gasteiger partial charge < -0.3 is 0 Å². The fourth-order valence-electron chi connectivity index (χ4n) is 9.40. The quantitative estimate of drug-likeness (QED) is 0.0423. The molecule has 356 valence electrons. The lowest BCUT2D eigenvalue weighted by molar-refractivity contribution is 0.508. The van der Waals surface area contributed by atoms with Crippen molar-refractivity contribution in [3.8, 4) is 0 Å². The summed E-state index contributed by atoms with van der Waals surface area (Å²) in [5.74, 6) is 0. The van der Waals surface area contributed by atoms with E-state index < -0.39 is 0 Å². The Labute approximate surface area is 382 Å². The molecule has 0 bridgehead atoms. The van der Waals surface area contributed by atoms with Crippen molar-refractivity contribution in [3.63, 3.8) is 0 Å². The zero-order valence-electron chi connectivity index (χ0n) is 42.2. The minimum absolute atomic E-state index is 1.27.